The maximum Gasteiger partial charge on any atom is 0.136 e. The first-order valence-corrected chi connectivity index (χ1v) is 17.6. The fourth-order valence-corrected chi connectivity index (χ4v) is 9.56. The molecule has 0 aliphatic rings. The lowest BCUT2D eigenvalue weighted by atomic mass is 9.85. The summed E-state index contributed by atoms with van der Waals surface area (Å²) in [5, 5.41) is 13.0. The molecule has 232 valence electrons. The Morgan fingerprint density at radius 2 is 0.880 bits per heavy atom. The highest BCUT2D eigenvalue weighted by atomic mass is 32.1. The fourth-order valence-electron chi connectivity index (χ4n) is 8.46. The van der Waals surface area contributed by atoms with Crippen molar-refractivity contribution in [1.29, 1.82) is 0 Å². The molecule has 12 aromatic rings. The van der Waals surface area contributed by atoms with Gasteiger partial charge in [0.15, 0.2) is 0 Å². The summed E-state index contributed by atoms with van der Waals surface area (Å²) in [6.45, 7) is 0. The van der Waals surface area contributed by atoms with Gasteiger partial charge in [-0.25, -0.2) is 0 Å². The first-order chi connectivity index (χ1) is 24.8. The Morgan fingerprint density at radius 3 is 1.60 bits per heavy atom. The van der Waals surface area contributed by atoms with Crippen molar-refractivity contribution in [3.63, 3.8) is 0 Å². The van der Waals surface area contributed by atoms with E-state index in [2.05, 4.69) is 115 Å². The molecule has 4 heteroatoms. The minimum absolute atomic E-state index is 0.866. The third-order valence-corrected chi connectivity index (χ3v) is 11.7. The molecular formula is C46H24O3S. The smallest absolute Gasteiger partial charge is 0.136 e. The Labute approximate surface area is 288 Å². The highest BCUT2D eigenvalue weighted by Gasteiger charge is 2.21. The Hall–Kier alpha value is -6.36. The Kier molecular flexibility index (Phi) is 5.12. The van der Waals surface area contributed by atoms with Crippen molar-refractivity contribution in [2.45, 2.75) is 0 Å². The van der Waals surface area contributed by atoms with Gasteiger partial charge >= 0.3 is 0 Å². The van der Waals surface area contributed by atoms with E-state index < -0.39 is 0 Å². The van der Waals surface area contributed by atoms with Crippen LogP contribution in [0.15, 0.2) is 159 Å². The Balaban J connectivity index is 1.13. The van der Waals surface area contributed by atoms with Gasteiger partial charge < -0.3 is 13.3 Å². The zero-order valence-electron chi connectivity index (χ0n) is 26.5. The van der Waals surface area contributed by atoms with Crippen molar-refractivity contribution in [3.8, 4) is 22.3 Å². The standard InChI is InChI=1S/C46H24O3S/c1-3-9-29-27(7-1)42(25-14-19-40-34(23-25)44-33-21-22-47-35(33)18-20-41(44)50-40)28-8-2-4-10-30(28)43(29)26-13-15-32-39(24-26)49-38-17-16-37-45(46(32)38)31-11-5-6-12-36(31)48-37/h1-24H. The Morgan fingerprint density at radius 1 is 0.340 bits per heavy atom. The average molecular weight is 657 g/mol. The third-order valence-electron chi connectivity index (χ3n) is 10.6. The van der Waals surface area contributed by atoms with Crippen molar-refractivity contribution in [1.82, 2.24) is 0 Å². The van der Waals surface area contributed by atoms with Gasteiger partial charge in [0.2, 0.25) is 0 Å². The third kappa shape index (κ3) is 3.48. The van der Waals surface area contributed by atoms with Gasteiger partial charge in [0.05, 0.1) is 6.26 Å². The minimum Gasteiger partial charge on any atom is -0.464 e. The van der Waals surface area contributed by atoms with Crippen LogP contribution in [0.3, 0.4) is 0 Å². The van der Waals surface area contributed by atoms with Gasteiger partial charge in [0.1, 0.15) is 27.9 Å². The molecule has 0 saturated heterocycles. The predicted octanol–water partition coefficient (Wildman–Crippen LogP) is 14.2. The van der Waals surface area contributed by atoms with E-state index >= 15 is 0 Å². The number of benzene rings is 8. The molecule has 0 N–H and O–H groups in total. The Bertz CT molecular complexity index is 3330. The molecule has 0 atom stereocenters. The first kappa shape index (κ1) is 26.6. The van der Waals surface area contributed by atoms with E-state index in [0.717, 1.165) is 55.0 Å². The largest absolute Gasteiger partial charge is 0.464 e. The molecule has 0 bridgehead atoms. The van der Waals surface area contributed by atoms with Crippen molar-refractivity contribution >= 4 is 108 Å². The number of hydrogen-bond donors (Lipinski definition) is 0. The molecule has 0 saturated carbocycles. The second kappa shape index (κ2) is 9.63. The van der Waals surface area contributed by atoms with Crippen LogP contribution in [0.2, 0.25) is 0 Å². The lowest BCUT2D eigenvalue weighted by molar-refractivity contribution is 0.616. The lowest BCUT2D eigenvalue weighted by Gasteiger charge is -2.18. The molecule has 0 fully saturated rings. The second-order valence-electron chi connectivity index (χ2n) is 13.1. The van der Waals surface area contributed by atoms with Crippen molar-refractivity contribution in [2.24, 2.45) is 0 Å². The maximum absolute atomic E-state index is 6.60. The van der Waals surface area contributed by atoms with Crippen molar-refractivity contribution in [3.05, 3.63) is 146 Å². The minimum atomic E-state index is 0.866. The van der Waals surface area contributed by atoms with E-state index in [9.17, 15) is 0 Å². The van der Waals surface area contributed by atoms with Gasteiger partial charge in [-0.2, -0.15) is 0 Å². The molecule has 0 aliphatic heterocycles. The zero-order valence-corrected chi connectivity index (χ0v) is 27.3. The second-order valence-corrected chi connectivity index (χ2v) is 14.2. The zero-order chi connectivity index (χ0) is 32.5. The summed E-state index contributed by atoms with van der Waals surface area (Å²) in [4.78, 5) is 0. The van der Waals surface area contributed by atoms with Crippen LogP contribution in [0, 0.1) is 0 Å². The molecule has 0 spiro atoms. The molecule has 8 aromatic carbocycles. The number of thiophene rings is 1. The molecule has 0 radical (unpaired) electrons. The van der Waals surface area contributed by atoms with Gasteiger partial charge in [-0.3, -0.25) is 0 Å². The van der Waals surface area contributed by atoms with Crippen LogP contribution in [0.25, 0.3) is 119 Å². The van der Waals surface area contributed by atoms with Crippen LogP contribution in [0.1, 0.15) is 0 Å². The van der Waals surface area contributed by atoms with E-state index in [1.807, 2.05) is 35.6 Å². The van der Waals surface area contributed by atoms with E-state index in [0.29, 0.717) is 0 Å². The first-order valence-electron chi connectivity index (χ1n) is 16.8. The van der Waals surface area contributed by atoms with Gasteiger partial charge in [-0.15, -0.1) is 11.3 Å². The summed E-state index contributed by atoms with van der Waals surface area (Å²) in [5.41, 5.74) is 9.22. The van der Waals surface area contributed by atoms with E-state index in [1.165, 1.54) is 63.8 Å². The maximum atomic E-state index is 6.60. The summed E-state index contributed by atoms with van der Waals surface area (Å²) < 4.78 is 21.2. The van der Waals surface area contributed by atoms with Crippen LogP contribution in [0.4, 0.5) is 0 Å². The molecule has 3 nitrogen and oxygen atoms in total. The van der Waals surface area contributed by atoms with Crippen LogP contribution in [0.5, 0.6) is 0 Å². The average Bonchev–Trinajstić information content (AvgIpc) is 3.95. The highest BCUT2D eigenvalue weighted by Crippen LogP contribution is 2.47. The summed E-state index contributed by atoms with van der Waals surface area (Å²) >= 11 is 1.84. The van der Waals surface area contributed by atoms with Gasteiger partial charge in [-0.1, -0.05) is 78.9 Å². The predicted molar refractivity (Wildman–Crippen MR) is 210 cm³/mol. The highest BCUT2D eigenvalue weighted by molar-refractivity contribution is 7.26. The number of fused-ring (bicyclic) bond motifs is 14. The number of furan rings is 3. The molecular weight excluding hydrogens is 633 g/mol. The monoisotopic (exact) mass is 656 g/mol. The molecule has 0 aliphatic carbocycles. The summed E-state index contributed by atoms with van der Waals surface area (Å²) in [6, 6.07) is 50.0. The topological polar surface area (TPSA) is 39.4 Å². The molecule has 12 rings (SSSR count). The molecule has 4 heterocycles. The van der Waals surface area contributed by atoms with Gasteiger partial charge in [0, 0.05) is 47.1 Å². The van der Waals surface area contributed by atoms with Crippen LogP contribution < -0.4 is 0 Å². The van der Waals surface area contributed by atoms with Crippen LogP contribution >= 0.6 is 11.3 Å². The van der Waals surface area contributed by atoms with Crippen LogP contribution in [-0.2, 0) is 0 Å². The van der Waals surface area contributed by atoms with E-state index in [-0.39, 0.29) is 0 Å². The summed E-state index contributed by atoms with van der Waals surface area (Å²) in [6.07, 6.45) is 1.79. The molecule has 0 unspecified atom stereocenters. The van der Waals surface area contributed by atoms with Crippen molar-refractivity contribution < 1.29 is 13.3 Å². The van der Waals surface area contributed by atoms with Crippen molar-refractivity contribution in [2.75, 3.05) is 0 Å². The SMILES string of the molecule is c1ccc2c(c1)oc1ccc3oc4cc(-c5c6ccccc6c(-c6ccc7sc8ccc9occc9c8c7c6)c6ccccc56)ccc4c3c12. The normalized spacial score (nSPS) is 12.4. The number of rotatable bonds is 2. The van der Waals surface area contributed by atoms with Gasteiger partial charge in [-0.05, 0) is 104 Å². The fraction of sp³-hybridized carbons (Fsp3) is 0. The molecule has 4 aromatic heterocycles. The summed E-state index contributed by atoms with van der Waals surface area (Å²) in [5.74, 6) is 0. The quantitative estimate of drug-likeness (QED) is 0.174. The van der Waals surface area contributed by atoms with E-state index in [1.54, 1.807) is 6.26 Å². The molecule has 50 heavy (non-hydrogen) atoms. The summed E-state index contributed by atoms with van der Waals surface area (Å²) in [7, 11) is 0. The number of hydrogen-bond acceptors (Lipinski definition) is 4. The number of para-hydroxylation sites is 1. The van der Waals surface area contributed by atoms with E-state index in [4.69, 9.17) is 13.3 Å². The van der Waals surface area contributed by atoms with Gasteiger partial charge in [0.25, 0.3) is 0 Å². The lowest BCUT2D eigenvalue weighted by Crippen LogP contribution is -1.90. The van der Waals surface area contributed by atoms with Crippen LogP contribution in [-0.4, -0.2) is 0 Å². The molecule has 0 amide bonds.